The van der Waals surface area contributed by atoms with E-state index in [-0.39, 0.29) is 0 Å². The first-order valence-electron chi connectivity index (χ1n) is 5.23. The highest BCUT2D eigenvalue weighted by Crippen LogP contribution is 2.23. The van der Waals surface area contributed by atoms with E-state index in [4.69, 9.17) is 0 Å². The van der Waals surface area contributed by atoms with Crippen LogP contribution in [-0.2, 0) is 0 Å². The summed E-state index contributed by atoms with van der Waals surface area (Å²) in [5, 5.41) is 0. The highest BCUT2D eigenvalue weighted by atomic mass is 127. The Morgan fingerprint density at radius 2 is 2.00 bits per heavy atom. The van der Waals surface area contributed by atoms with E-state index < -0.39 is 0 Å². The molecule has 0 spiro atoms. The quantitative estimate of drug-likeness (QED) is 0.695. The summed E-state index contributed by atoms with van der Waals surface area (Å²) in [5.74, 6) is 0. The van der Waals surface area contributed by atoms with Crippen molar-refractivity contribution in [2.24, 2.45) is 0 Å². The molecule has 0 bridgehead atoms. The normalized spacial score (nSPS) is 11.8. The van der Waals surface area contributed by atoms with Gasteiger partial charge < -0.3 is 0 Å². The van der Waals surface area contributed by atoms with Crippen LogP contribution < -0.4 is 0 Å². The summed E-state index contributed by atoms with van der Waals surface area (Å²) in [6.07, 6.45) is 5.92. The largest absolute Gasteiger partial charge is 0.0807 e. The van der Waals surface area contributed by atoms with Gasteiger partial charge in [0.05, 0.1) is 0 Å². The van der Waals surface area contributed by atoms with Gasteiger partial charge in [-0.05, 0) is 52.6 Å². The van der Waals surface area contributed by atoms with Crippen molar-refractivity contribution in [3.8, 4) is 0 Å². The monoisotopic (exact) mass is 300 g/mol. The number of benzene rings is 1. The van der Waals surface area contributed by atoms with E-state index in [0.717, 1.165) is 6.42 Å². The van der Waals surface area contributed by atoms with Crippen LogP contribution in [0.4, 0.5) is 0 Å². The molecular formula is C13H17I. The van der Waals surface area contributed by atoms with Crippen LogP contribution >= 0.6 is 22.6 Å². The average molecular weight is 300 g/mol. The molecule has 1 heteroatoms. The Kier molecular flexibility index (Phi) is 5.23. The van der Waals surface area contributed by atoms with Crippen molar-refractivity contribution >= 4 is 28.2 Å². The van der Waals surface area contributed by atoms with Gasteiger partial charge in [-0.2, -0.15) is 0 Å². The fourth-order valence-corrected chi connectivity index (χ4v) is 2.22. The lowest BCUT2D eigenvalue weighted by Gasteiger charge is -2.07. The van der Waals surface area contributed by atoms with Crippen LogP contribution in [0.25, 0.3) is 5.57 Å². The SMILES string of the molecule is CCC/C=C(\CC)c1ccccc1I. The maximum absolute atomic E-state index is 2.41. The summed E-state index contributed by atoms with van der Waals surface area (Å²) in [7, 11) is 0. The van der Waals surface area contributed by atoms with Crippen molar-refractivity contribution in [3.63, 3.8) is 0 Å². The molecule has 0 aliphatic heterocycles. The molecule has 14 heavy (non-hydrogen) atoms. The van der Waals surface area contributed by atoms with Crippen molar-refractivity contribution in [1.29, 1.82) is 0 Å². The van der Waals surface area contributed by atoms with Gasteiger partial charge in [-0.1, -0.05) is 44.5 Å². The molecular weight excluding hydrogens is 283 g/mol. The van der Waals surface area contributed by atoms with E-state index >= 15 is 0 Å². The van der Waals surface area contributed by atoms with E-state index in [2.05, 4.69) is 66.8 Å². The highest BCUT2D eigenvalue weighted by Gasteiger charge is 2.02. The summed E-state index contributed by atoms with van der Waals surface area (Å²) >= 11 is 2.41. The van der Waals surface area contributed by atoms with Crippen LogP contribution in [0.1, 0.15) is 38.7 Å². The molecule has 76 valence electrons. The molecule has 0 heterocycles. The highest BCUT2D eigenvalue weighted by molar-refractivity contribution is 14.1. The van der Waals surface area contributed by atoms with Gasteiger partial charge in [0, 0.05) is 3.57 Å². The summed E-state index contributed by atoms with van der Waals surface area (Å²) in [6.45, 7) is 4.45. The van der Waals surface area contributed by atoms with E-state index in [9.17, 15) is 0 Å². The second-order valence-electron chi connectivity index (χ2n) is 3.35. The Balaban J connectivity index is 2.95. The molecule has 0 aromatic heterocycles. The van der Waals surface area contributed by atoms with E-state index in [1.54, 1.807) is 0 Å². The lowest BCUT2D eigenvalue weighted by atomic mass is 10.0. The maximum Gasteiger partial charge on any atom is 0.0205 e. The first-order valence-corrected chi connectivity index (χ1v) is 6.31. The average Bonchev–Trinajstić information content (AvgIpc) is 2.21. The number of hydrogen-bond acceptors (Lipinski definition) is 0. The van der Waals surface area contributed by atoms with Gasteiger partial charge in [-0.15, -0.1) is 0 Å². The third kappa shape index (κ3) is 3.12. The summed E-state index contributed by atoms with van der Waals surface area (Å²) in [4.78, 5) is 0. The fourth-order valence-electron chi connectivity index (χ4n) is 1.48. The Bertz CT molecular complexity index is 313. The molecule has 0 fully saturated rings. The van der Waals surface area contributed by atoms with Crippen molar-refractivity contribution < 1.29 is 0 Å². The molecule has 0 radical (unpaired) electrons. The lowest BCUT2D eigenvalue weighted by Crippen LogP contribution is -1.87. The molecule has 0 saturated carbocycles. The third-order valence-electron chi connectivity index (χ3n) is 2.28. The minimum atomic E-state index is 1.13. The third-order valence-corrected chi connectivity index (χ3v) is 3.22. The van der Waals surface area contributed by atoms with Crippen molar-refractivity contribution in [3.05, 3.63) is 39.5 Å². The van der Waals surface area contributed by atoms with Crippen molar-refractivity contribution in [2.75, 3.05) is 0 Å². The molecule has 0 nitrogen and oxygen atoms in total. The number of unbranched alkanes of at least 4 members (excludes halogenated alkanes) is 1. The van der Waals surface area contributed by atoms with Gasteiger partial charge in [0.2, 0.25) is 0 Å². The lowest BCUT2D eigenvalue weighted by molar-refractivity contribution is 0.955. The first kappa shape index (κ1) is 11.8. The molecule has 0 saturated heterocycles. The number of halogens is 1. The molecule has 0 atom stereocenters. The molecule has 0 aliphatic carbocycles. The molecule has 0 aliphatic rings. The van der Waals surface area contributed by atoms with Gasteiger partial charge in [0.25, 0.3) is 0 Å². The van der Waals surface area contributed by atoms with Gasteiger partial charge >= 0.3 is 0 Å². The smallest absolute Gasteiger partial charge is 0.0205 e. The van der Waals surface area contributed by atoms with Crippen LogP contribution in [0.5, 0.6) is 0 Å². The fraction of sp³-hybridized carbons (Fsp3) is 0.385. The molecule has 0 amide bonds. The van der Waals surface area contributed by atoms with E-state index in [1.165, 1.54) is 27.5 Å². The second-order valence-corrected chi connectivity index (χ2v) is 4.51. The van der Waals surface area contributed by atoms with E-state index in [1.807, 2.05) is 0 Å². The van der Waals surface area contributed by atoms with Crippen LogP contribution in [0, 0.1) is 3.57 Å². The summed E-state index contributed by atoms with van der Waals surface area (Å²) in [5.41, 5.74) is 2.89. The molecule has 1 aromatic rings. The Morgan fingerprint density at radius 3 is 2.57 bits per heavy atom. The first-order chi connectivity index (χ1) is 6.79. The topological polar surface area (TPSA) is 0 Å². The minimum absolute atomic E-state index is 1.13. The van der Waals surface area contributed by atoms with E-state index in [0.29, 0.717) is 0 Å². The maximum atomic E-state index is 2.41. The number of hydrogen-bond donors (Lipinski definition) is 0. The molecule has 0 unspecified atom stereocenters. The summed E-state index contributed by atoms with van der Waals surface area (Å²) in [6, 6.07) is 8.60. The van der Waals surface area contributed by atoms with Crippen molar-refractivity contribution in [2.45, 2.75) is 33.1 Å². The molecule has 1 rings (SSSR count). The second kappa shape index (κ2) is 6.23. The van der Waals surface area contributed by atoms with Gasteiger partial charge in [-0.3, -0.25) is 0 Å². The summed E-state index contributed by atoms with van der Waals surface area (Å²) < 4.78 is 1.36. The minimum Gasteiger partial charge on any atom is -0.0807 e. The Hall–Kier alpha value is -0.310. The predicted octanol–water partition coefficient (Wildman–Crippen LogP) is 4.88. The van der Waals surface area contributed by atoms with Crippen LogP contribution in [0.2, 0.25) is 0 Å². The zero-order valence-corrected chi connectivity index (χ0v) is 11.0. The standard InChI is InChI=1S/C13H17I/c1-3-5-8-11(4-2)12-9-6-7-10-13(12)14/h6-10H,3-5H2,1-2H3/b11-8+. The number of rotatable bonds is 4. The molecule has 1 aromatic carbocycles. The van der Waals surface area contributed by atoms with Crippen LogP contribution in [0.15, 0.2) is 30.3 Å². The Labute approximate surface area is 101 Å². The zero-order chi connectivity index (χ0) is 10.4. The Morgan fingerprint density at radius 1 is 1.29 bits per heavy atom. The van der Waals surface area contributed by atoms with Crippen molar-refractivity contribution in [1.82, 2.24) is 0 Å². The van der Waals surface area contributed by atoms with Gasteiger partial charge in [0.15, 0.2) is 0 Å². The van der Waals surface area contributed by atoms with Crippen LogP contribution in [-0.4, -0.2) is 0 Å². The predicted molar refractivity (Wildman–Crippen MR) is 72.3 cm³/mol. The van der Waals surface area contributed by atoms with Gasteiger partial charge in [0.1, 0.15) is 0 Å². The molecule has 0 N–H and O–H groups in total. The van der Waals surface area contributed by atoms with Crippen LogP contribution in [0.3, 0.4) is 0 Å². The van der Waals surface area contributed by atoms with Gasteiger partial charge in [-0.25, -0.2) is 0 Å². The number of allylic oxidation sites excluding steroid dienone is 2. The zero-order valence-electron chi connectivity index (χ0n) is 8.89.